The van der Waals surface area contributed by atoms with Gasteiger partial charge in [-0.3, -0.25) is 0 Å². The van der Waals surface area contributed by atoms with Crippen molar-refractivity contribution in [2.45, 2.75) is 26.3 Å². The average molecular weight is 354 g/mol. The van der Waals surface area contributed by atoms with E-state index in [1.165, 1.54) is 12.1 Å². The molecule has 0 aromatic heterocycles. The molecule has 0 radical (unpaired) electrons. The van der Waals surface area contributed by atoms with Crippen LogP contribution in [0.1, 0.15) is 29.7 Å². The van der Waals surface area contributed by atoms with Gasteiger partial charge in [-0.15, -0.1) is 0 Å². The first-order valence-corrected chi connectivity index (χ1v) is 7.74. The van der Waals surface area contributed by atoms with E-state index in [0.717, 1.165) is 28.2 Å². The third kappa shape index (κ3) is 4.11. The second-order valence-electron chi connectivity index (χ2n) is 5.05. The molecule has 0 saturated carbocycles. The predicted octanol–water partition coefficient (Wildman–Crippen LogP) is 4.93. The lowest BCUT2D eigenvalue weighted by atomic mass is 9.95. The number of likely N-dealkylation sites (N-methyl/N-ethyl adjacent to an activating group) is 1. The molecule has 1 atom stereocenters. The first kappa shape index (κ1) is 16.1. The van der Waals surface area contributed by atoms with Gasteiger partial charge in [0.05, 0.1) is 0 Å². The zero-order chi connectivity index (χ0) is 15.4. The number of rotatable bonds is 5. The quantitative estimate of drug-likeness (QED) is 0.803. The van der Waals surface area contributed by atoms with Gasteiger partial charge in [0.25, 0.3) is 0 Å². The van der Waals surface area contributed by atoms with Crippen LogP contribution < -0.4 is 5.32 Å². The number of aryl methyl sites for hydroxylation is 1. The molecule has 0 aliphatic heterocycles. The summed E-state index contributed by atoms with van der Waals surface area (Å²) >= 11 is 3.44. The topological polar surface area (TPSA) is 12.0 Å². The van der Waals surface area contributed by atoms with Gasteiger partial charge in [-0.25, -0.2) is 8.78 Å². The zero-order valence-corrected chi connectivity index (χ0v) is 13.7. The highest BCUT2D eigenvalue weighted by Crippen LogP contribution is 2.25. The molecule has 0 fully saturated rings. The number of hydrogen-bond acceptors (Lipinski definition) is 1. The summed E-state index contributed by atoms with van der Waals surface area (Å²) in [6.07, 6.45) is 0.417. The number of hydrogen-bond donors (Lipinski definition) is 1. The maximum Gasteiger partial charge on any atom is 0.126 e. The zero-order valence-electron chi connectivity index (χ0n) is 12.1. The molecule has 2 aromatic rings. The van der Waals surface area contributed by atoms with E-state index in [9.17, 15) is 8.78 Å². The predicted molar refractivity (Wildman–Crippen MR) is 85.4 cm³/mol. The number of halogens is 3. The van der Waals surface area contributed by atoms with E-state index in [4.69, 9.17) is 0 Å². The van der Waals surface area contributed by atoms with Crippen molar-refractivity contribution in [3.8, 4) is 0 Å². The number of nitrogens with one attached hydrogen (secondary N) is 1. The van der Waals surface area contributed by atoms with Crippen LogP contribution in [0.4, 0.5) is 8.78 Å². The Morgan fingerprint density at radius 2 is 1.90 bits per heavy atom. The van der Waals surface area contributed by atoms with Gasteiger partial charge in [0.15, 0.2) is 0 Å². The van der Waals surface area contributed by atoms with Crippen molar-refractivity contribution in [1.29, 1.82) is 0 Å². The first-order valence-electron chi connectivity index (χ1n) is 6.94. The highest BCUT2D eigenvalue weighted by Gasteiger charge is 2.16. The van der Waals surface area contributed by atoms with Gasteiger partial charge < -0.3 is 5.32 Å². The SMILES string of the molecule is CCNC(Cc1cc(F)ccc1F)c1ccc(Br)cc1C. The minimum Gasteiger partial charge on any atom is -0.310 e. The highest BCUT2D eigenvalue weighted by molar-refractivity contribution is 9.10. The van der Waals surface area contributed by atoms with E-state index >= 15 is 0 Å². The summed E-state index contributed by atoms with van der Waals surface area (Å²) in [5.74, 6) is -0.775. The molecular formula is C17H18BrF2N. The fourth-order valence-corrected chi connectivity index (χ4v) is 2.96. The molecule has 0 heterocycles. The monoisotopic (exact) mass is 353 g/mol. The largest absolute Gasteiger partial charge is 0.310 e. The fraction of sp³-hybridized carbons (Fsp3) is 0.294. The van der Waals surface area contributed by atoms with E-state index in [0.29, 0.717) is 12.0 Å². The van der Waals surface area contributed by atoms with Crippen molar-refractivity contribution in [3.63, 3.8) is 0 Å². The normalized spacial score (nSPS) is 12.4. The Morgan fingerprint density at radius 1 is 1.14 bits per heavy atom. The van der Waals surface area contributed by atoms with Crippen LogP contribution in [0.25, 0.3) is 0 Å². The van der Waals surface area contributed by atoms with Gasteiger partial charge in [-0.1, -0.05) is 28.9 Å². The summed E-state index contributed by atoms with van der Waals surface area (Å²) in [6.45, 7) is 4.78. The van der Waals surface area contributed by atoms with Crippen LogP contribution in [0, 0.1) is 18.6 Å². The van der Waals surface area contributed by atoms with Crippen LogP contribution in [0.3, 0.4) is 0 Å². The number of benzene rings is 2. The third-order valence-corrected chi connectivity index (χ3v) is 3.98. The first-order chi connectivity index (χ1) is 10.0. The summed E-state index contributed by atoms with van der Waals surface area (Å²) in [5.41, 5.74) is 2.61. The summed E-state index contributed by atoms with van der Waals surface area (Å²) in [6, 6.07) is 9.57. The molecule has 1 N–H and O–H groups in total. The Morgan fingerprint density at radius 3 is 2.57 bits per heavy atom. The second-order valence-corrected chi connectivity index (χ2v) is 5.97. The van der Waals surface area contributed by atoms with Crippen molar-refractivity contribution >= 4 is 15.9 Å². The van der Waals surface area contributed by atoms with E-state index in [2.05, 4.69) is 21.2 Å². The Kier molecular flexibility index (Phi) is 5.48. The van der Waals surface area contributed by atoms with E-state index in [1.807, 2.05) is 32.0 Å². The molecule has 0 aliphatic carbocycles. The Labute approximate surface area is 132 Å². The van der Waals surface area contributed by atoms with Crippen LogP contribution in [-0.4, -0.2) is 6.54 Å². The van der Waals surface area contributed by atoms with Gasteiger partial charge in [-0.05, 0) is 66.9 Å². The molecule has 0 bridgehead atoms. The van der Waals surface area contributed by atoms with Gasteiger partial charge in [0.2, 0.25) is 0 Å². The lowest BCUT2D eigenvalue weighted by molar-refractivity contribution is 0.520. The lowest BCUT2D eigenvalue weighted by Crippen LogP contribution is -2.24. The van der Waals surface area contributed by atoms with Crippen molar-refractivity contribution in [3.05, 3.63) is 69.2 Å². The van der Waals surface area contributed by atoms with Crippen molar-refractivity contribution in [2.24, 2.45) is 0 Å². The second kappa shape index (κ2) is 7.14. The van der Waals surface area contributed by atoms with Crippen LogP contribution in [0.15, 0.2) is 40.9 Å². The summed E-state index contributed by atoms with van der Waals surface area (Å²) < 4.78 is 28.2. The molecular weight excluding hydrogens is 336 g/mol. The van der Waals surface area contributed by atoms with Crippen molar-refractivity contribution in [1.82, 2.24) is 5.32 Å². The maximum absolute atomic E-state index is 13.8. The third-order valence-electron chi connectivity index (χ3n) is 3.49. The van der Waals surface area contributed by atoms with Gasteiger partial charge >= 0.3 is 0 Å². The molecule has 1 nitrogen and oxygen atoms in total. The molecule has 2 aromatic carbocycles. The van der Waals surface area contributed by atoms with Crippen LogP contribution in [0.2, 0.25) is 0 Å². The summed E-state index contributed by atoms with van der Waals surface area (Å²) in [7, 11) is 0. The maximum atomic E-state index is 13.8. The molecule has 0 saturated heterocycles. The van der Waals surface area contributed by atoms with Gasteiger partial charge in [0.1, 0.15) is 11.6 Å². The lowest BCUT2D eigenvalue weighted by Gasteiger charge is -2.21. The standard InChI is InChI=1S/C17H18BrF2N/c1-3-21-17(15-6-4-13(18)8-11(15)2)10-12-9-14(19)5-7-16(12)20/h4-9,17,21H,3,10H2,1-2H3. The van der Waals surface area contributed by atoms with Crippen LogP contribution >= 0.6 is 15.9 Å². The molecule has 0 amide bonds. The van der Waals surface area contributed by atoms with Crippen LogP contribution in [0.5, 0.6) is 0 Å². The van der Waals surface area contributed by atoms with E-state index < -0.39 is 5.82 Å². The van der Waals surface area contributed by atoms with E-state index in [-0.39, 0.29) is 11.9 Å². The molecule has 112 valence electrons. The minimum absolute atomic E-state index is 0.0422. The van der Waals surface area contributed by atoms with Crippen molar-refractivity contribution in [2.75, 3.05) is 6.54 Å². The van der Waals surface area contributed by atoms with Gasteiger partial charge in [0, 0.05) is 10.5 Å². The highest BCUT2D eigenvalue weighted by atomic mass is 79.9. The molecule has 2 rings (SSSR count). The minimum atomic E-state index is -0.408. The Hall–Kier alpha value is -1.26. The molecule has 0 spiro atoms. The Bertz CT molecular complexity index is 628. The van der Waals surface area contributed by atoms with E-state index in [1.54, 1.807) is 0 Å². The fourth-order valence-electron chi connectivity index (χ4n) is 2.49. The van der Waals surface area contributed by atoms with Crippen LogP contribution in [-0.2, 0) is 6.42 Å². The molecule has 1 unspecified atom stereocenters. The molecule has 0 aliphatic rings. The summed E-state index contributed by atoms with van der Waals surface area (Å²) in [5, 5.41) is 3.35. The average Bonchev–Trinajstić information content (AvgIpc) is 2.42. The molecule has 4 heteroatoms. The smallest absolute Gasteiger partial charge is 0.126 e. The molecule has 21 heavy (non-hydrogen) atoms. The van der Waals surface area contributed by atoms with Gasteiger partial charge in [-0.2, -0.15) is 0 Å². The van der Waals surface area contributed by atoms with Crippen molar-refractivity contribution < 1.29 is 8.78 Å². The Balaban J connectivity index is 2.32. The summed E-state index contributed by atoms with van der Waals surface area (Å²) in [4.78, 5) is 0.